The maximum absolute atomic E-state index is 13.2. The lowest BCUT2D eigenvalue weighted by atomic mass is 10.2. The van der Waals surface area contributed by atoms with Crippen molar-refractivity contribution in [2.75, 3.05) is 16.4 Å². The van der Waals surface area contributed by atoms with E-state index >= 15 is 0 Å². The highest BCUT2D eigenvalue weighted by Gasteiger charge is 2.48. The average molecular weight is 286 g/mol. The van der Waals surface area contributed by atoms with Crippen molar-refractivity contribution in [3.05, 3.63) is 30.1 Å². The highest BCUT2D eigenvalue weighted by molar-refractivity contribution is 8.15. The fourth-order valence-electron chi connectivity index (χ4n) is 2.44. The van der Waals surface area contributed by atoms with Gasteiger partial charge >= 0.3 is 0 Å². The second-order valence-electron chi connectivity index (χ2n) is 4.46. The Morgan fingerprint density at radius 2 is 2.17 bits per heavy atom. The predicted octanol–water partition coefficient (Wildman–Crippen LogP) is 1.48. The molecule has 2 atom stereocenters. The van der Waals surface area contributed by atoms with Gasteiger partial charge in [-0.05, 0) is 18.2 Å². The third-order valence-electron chi connectivity index (χ3n) is 3.17. The Labute approximate surface area is 109 Å². The number of halogens is 1. The second kappa shape index (κ2) is 3.96. The molecule has 0 aliphatic carbocycles. The van der Waals surface area contributed by atoms with Crippen LogP contribution in [0.2, 0.25) is 0 Å². The topological polar surface area (TPSA) is 61.2 Å². The zero-order chi connectivity index (χ0) is 12.9. The molecule has 2 fully saturated rings. The van der Waals surface area contributed by atoms with E-state index in [0.29, 0.717) is 10.9 Å². The van der Waals surface area contributed by atoms with Gasteiger partial charge in [0.15, 0.2) is 15.0 Å². The first kappa shape index (κ1) is 12.0. The SMILES string of the molecule is N=C1S[C@H]2CS(=O)(=O)C[C@H]2N1c1cccc(F)c1. The number of amidine groups is 1. The van der Waals surface area contributed by atoms with E-state index in [1.54, 1.807) is 17.0 Å². The van der Waals surface area contributed by atoms with Gasteiger partial charge in [0.1, 0.15) is 5.82 Å². The number of thioether (sulfide) groups is 1. The van der Waals surface area contributed by atoms with E-state index in [4.69, 9.17) is 5.41 Å². The molecule has 0 amide bonds. The van der Waals surface area contributed by atoms with Gasteiger partial charge in [0.25, 0.3) is 0 Å². The van der Waals surface area contributed by atoms with Crippen molar-refractivity contribution in [3.63, 3.8) is 0 Å². The first-order chi connectivity index (χ1) is 8.46. The summed E-state index contributed by atoms with van der Waals surface area (Å²) < 4.78 is 36.4. The molecule has 2 heterocycles. The lowest BCUT2D eigenvalue weighted by molar-refractivity contribution is 0.601. The fourth-order valence-corrected chi connectivity index (χ4v) is 6.23. The number of benzene rings is 1. The molecule has 0 bridgehead atoms. The molecule has 18 heavy (non-hydrogen) atoms. The van der Waals surface area contributed by atoms with E-state index in [1.165, 1.54) is 23.9 Å². The largest absolute Gasteiger partial charge is 0.316 e. The summed E-state index contributed by atoms with van der Waals surface area (Å²) in [5, 5.41) is 8.10. The molecular formula is C11H11FN2O2S2. The summed E-state index contributed by atoms with van der Waals surface area (Å²) in [7, 11) is -3.03. The van der Waals surface area contributed by atoms with E-state index in [0.717, 1.165) is 0 Å². The molecule has 0 spiro atoms. The Balaban J connectivity index is 1.99. The molecule has 1 N–H and O–H groups in total. The van der Waals surface area contributed by atoms with Crippen molar-refractivity contribution in [3.8, 4) is 0 Å². The number of hydrogen-bond donors (Lipinski definition) is 1. The smallest absolute Gasteiger partial charge is 0.161 e. The quantitative estimate of drug-likeness (QED) is 0.849. The normalized spacial score (nSPS) is 29.6. The van der Waals surface area contributed by atoms with Crippen molar-refractivity contribution in [1.29, 1.82) is 5.41 Å². The van der Waals surface area contributed by atoms with Crippen LogP contribution in [0.5, 0.6) is 0 Å². The number of fused-ring (bicyclic) bond motifs is 1. The molecule has 3 rings (SSSR count). The minimum atomic E-state index is -3.03. The standard InChI is InChI=1S/C11H11FN2O2S2/c12-7-2-1-3-8(4-7)14-9-5-18(15,16)6-10(9)17-11(14)13/h1-4,9-10,13H,5-6H2/t9-,10+/m1/s1. The summed E-state index contributed by atoms with van der Waals surface area (Å²) >= 11 is 1.25. The first-order valence-electron chi connectivity index (χ1n) is 5.47. The van der Waals surface area contributed by atoms with Crippen molar-refractivity contribution < 1.29 is 12.8 Å². The third-order valence-corrected chi connectivity index (χ3v) is 6.30. The molecule has 7 heteroatoms. The van der Waals surface area contributed by atoms with Crippen LogP contribution in [0.4, 0.5) is 10.1 Å². The molecule has 1 aromatic rings. The Kier molecular flexibility index (Phi) is 2.63. The van der Waals surface area contributed by atoms with Crippen LogP contribution in [-0.2, 0) is 9.84 Å². The monoisotopic (exact) mass is 286 g/mol. The molecule has 4 nitrogen and oxygen atoms in total. The first-order valence-corrected chi connectivity index (χ1v) is 8.17. The lowest BCUT2D eigenvalue weighted by Crippen LogP contribution is -2.37. The fraction of sp³-hybridized carbons (Fsp3) is 0.364. The molecule has 0 unspecified atom stereocenters. The average Bonchev–Trinajstić information content (AvgIpc) is 2.68. The molecular weight excluding hydrogens is 275 g/mol. The predicted molar refractivity (Wildman–Crippen MR) is 70.4 cm³/mol. The van der Waals surface area contributed by atoms with Crippen LogP contribution >= 0.6 is 11.8 Å². The maximum atomic E-state index is 13.2. The minimum Gasteiger partial charge on any atom is -0.316 e. The van der Waals surface area contributed by atoms with Crippen molar-refractivity contribution >= 4 is 32.5 Å². The summed E-state index contributed by atoms with van der Waals surface area (Å²) in [6.07, 6.45) is 0. The Morgan fingerprint density at radius 1 is 1.39 bits per heavy atom. The van der Waals surface area contributed by atoms with Crippen LogP contribution in [0.15, 0.2) is 24.3 Å². The molecule has 2 saturated heterocycles. The van der Waals surface area contributed by atoms with Crippen LogP contribution in [0, 0.1) is 11.2 Å². The van der Waals surface area contributed by atoms with Gasteiger partial charge in [0, 0.05) is 10.9 Å². The van der Waals surface area contributed by atoms with Gasteiger partial charge in [0.05, 0.1) is 17.5 Å². The van der Waals surface area contributed by atoms with Crippen LogP contribution in [-0.4, -0.2) is 36.4 Å². The van der Waals surface area contributed by atoms with Gasteiger partial charge in [-0.1, -0.05) is 17.8 Å². The van der Waals surface area contributed by atoms with Crippen molar-refractivity contribution in [1.82, 2.24) is 0 Å². The van der Waals surface area contributed by atoms with Crippen LogP contribution in [0.3, 0.4) is 0 Å². The van der Waals surface area contributed by atoms with Crippen molar-refractivity contribution in [2.24, 2.45) is 0 Å². The number of sulfone groups is 1. The summed E-state index contributed by atoms with van der Waals surface area (Å²) in [6, 6.07) is 5.70. The highest BCUT2D eigenvalue weighted by Crippen LogP contribution is 2.40. The highest BCUT2D eigenvalue weighted by atomic mass is 32.2. The number of anilines is 1. The van der Waals surface area contributed by atoms with E-state index in [9.17, 15) is 12.8 Å². The molecule has 0 aromatic heterocycles. The molecule has 1 aromatic carbocycles. The summed E-state index contributed by atoms with van der Waals surface area (Å²) in [4.78, 5) is 1.63. The van der Waals surface area contributed by atoms with Gasteiger partial charge in [-0.2, -0.15) is 0 Å². The van der Waals surface area contributed by atoms with Crippen LogP contribution in [0.1, 0.15) is 0 Å². The van der Waals surface area contributed by atoms with Gasteiger partial charge in [-0.15, -0.1) is 0 Å². The zero-order valence-electron chi connectivity index (χ0n) is 9.34. The summed E-state index contributed by atoms with van der Waals surface area (Å²) in [6.45, 7) is 0. The molecule has 0 radical (unpaired) electrons. The molecule has 2 aliphatic heterocycles. The summed E-state index contributed by atoms with van der Waals surface area (Å²) in [5.41, 5.74) is 0.553. The third kappa shape index (κ3) is 1.91. The van der Waals surface area contributed by atoms with E-state index in [-0.39, 0.29) is 28.6 Å². The Morgan fingerprint density at radius 3 is 2.89 bits per heavy atom. The number of nitrogens with one attached hydrogen (secondary N) is 1. The Hall–Kier alpha value is -1.08. The van der Waals surface area contributed by atoms with E-state index < -0.39 is 9.84 Å². The summed E-state index contributed by atoms with van der Waals surface area (Å²) in [5.74, 6) is -0.227. The van der Waals surface area contributed by atoms with Crippen LogP contribution < -0.4 is 4.90 Å². The number of nitrogens with zero attached hydrogens (tertiary/aromatic N) is 1. The minimum absolute atomic E-state index is 0.0452. The van der Waals surface area contributed by atoms with Crippen molar-refractivity contribution in [2.45, 2.75) is 11.3 Å². The van der Waals surface area contributed by atoms with Gasteiger partial charge in [-0.3, -0.25) is 5.41 Å². The van der Waals surface area contributed by atoms with Gasteiger partial charge < -0.3 is 4.90 Å². The maximum Gasteiger partial charge on any atom is 0.161 e. The van der Waals surface area contributed by atoms with Gasteiger partial charge in [-0.25, -0.2) is 12.8 Å². The Bertz CT molecular complexity index is 617. The second-order valence-corrected chi connectivity index (χ2v) is 7.84. The van der Waals surface area contributed by atoms with E-state index in [1.807, 2.05) is 0 Å². The van der Waals surface area contributed by atoms with Gasteiger partial charge in [0.2, 0.25) is 0 Å². The van der Waals surface area contributed by atoms with E-state index in [2.05, 4.69) is 0 Å². The lowest BCUT2D eigenvalue weighted by Gasteiger charge is -2.23. The number of hydrogen-bond acceptors (Lipinski definition) is 4. The molecule has 2 aliphatic rings. The molecule has 0 saturated carbocycles. The van der Waals surface area contributed by atoms with Crippen LogP contribution in [0.25, 0.3) is 0 Å². The molecule has 96 valence electrons. The zero-order valence-corrected chi connectivity index (χ0v) is 11.0. The number of rotatable bonds is 1.